The van der Waals surface area contributed by atoms with Crippen molar-refractivity contribution in [1.29, 1.82) is 0 Å². The summed E-state index contributed by atoms with van der Waals surface area (Å²) in [5.74, 6) is 0.314. The van der Waals surface area contributed by atoms with Crippen molar-refractivity contribution in [1.82, 2.24) is 15.3 Å². The molecule has 2 aromatic heterocycles. The lowest BCUT2D eigenvalue weighted by atomic mass is 10.2. The van der Waals surface area contributed by atoms with Gasteiger partial charge in [-0.25, -0.2) is 4.99 Å². The second kappa shape index (κ2) is 4.81. The Labute approximate surface area is 109 Å². The van der Waals surface area contributed by atoms with Crippen LogP contribution in [0.4, 0.5) is 0 Å². The molecule has 0 spiro atoms. The number of pyridine rings is 2. The van der Waals surface area contributed by atoms with Crippen molar-refractivity contribution in [2.24, 2.45) is 4.99 Å². The van der Waals surface area contributed by atoms with Crippen molar-refractivity contribution in [2.75, 3.05) is 0 Å². The van der Waals surface area contributed by atoms with Crippen LogP contribution in [0.1, 0.15) is 11.1 Å². The maximum absolute atomic E-state index is 11.8. The average molecular weight is 250 g/mol. The van der Waals surface area contributed by atoms with Crippen molar-refractivity contribution < 1.29 is 4.79 Å². The molecular formula is C14H10N4O. The third-order valence-corrected chi connectivity index (χ3v) is 2.64. The zero-order valence-corrected chi connectivity index (χ0v) is 9.95. The maximum atomic E-state index is 11.8. The zero-order valence-electron chi connectivity index (χ0n) is 9.95. The van der Waals surface area contributed by atoms with E-state index in [1.807, 2.05) is 18.2 Å². The molecule has 0 atom stereocenters. The Morgan fingerprint density at radius 3 is 2.63 bits per heavy atom. The molecule has 0 fully saturated rings. The Balaban J connectivity index is 1.94. The number of amidine groups is 1. The van der Waals surface area contributed by atoms with Crippen LogP contribution in [0.2, 0.25) is 0 Å². The molecule has 0 aliphatic carbocycles. The second-order valence-corrected chi connectivity index (χ2v) is 3.97. The smallest absolute Gasteiger partial charge is 0.275 e. The molecule has 19 heavy (non-hydrogen) atoms. The summed E-state index contributed by atoms with van der Waals surface area (Å²) in [6.45, 7) is 0. The van der Waals surface area contributed by atoms with Gasteiger partial charge in [-0.2, -0.15) is 0 Å². The summed E-state index contributed by atoms with van der Waals surface area (Å²) < 4.78 is 0. The summed E-state index contributed by atoms with van der Waals surface area (Å²) >= 11 is 0. The highest BCUT2D eigenvalue weighted by atomic mass is 16.2. The monoisotopic (exact) mass is 250 g/mol. The summed E-state index contributed by atoms with van der Waals surface area (Å²) in [6.07, 6.45) is 8.40. The normalized spacial score (nSPS) is 16.3. The summed E-state index contributed by atoms with van der Waals surface area (Å²) in [7, 11) is 0. The molecule has 1 aliphatic heterocycles. The van der Waals surface area contributed by atoms with E-state index in [1.165, 1.54) is 0 Å². The van der Waals surface area contributed by atoms with Crippen LogP contribution >= 0.6 is 0 Å². The predicted octanol–water partition coefficient (Wildman–Crippen LogP) is 1.39. The second-order valence-electron chi connectivity index (χ2n) is 3.97. The fraction of sp³-hybridized carbons (Fsp3) is 0. The highest BCUT2D eigenvalue weighted by molar-refractivity contribution is 6.19. The van der Waals surface area contributed by atoms with Gasteiger partial charge in [0.25, 0.3) is 5.91 Å². The Bertz CT molecular complexity index is 662. The van der Waals surface area contributed by atoms with E-state index in [9.17, 15) is 4.79 Å². The van der Waals surface area contributed by atoms with Crippen LogP contribution in [-0.2, 0) is 4.79 Å². The predicted molar refractivity (Wildman–Crippen MR) is 71.1 cm³/mol. The molecule has 0 saturated carbocycles. The Hall–Kier alpha value is -2.82. The van der Waals surface area contributed by atoms with E-state index in [0.29, 0.717) is 11.5 Å². The third-order valence-electron chi connectivity index (χ3n) is 2.64. The van der Waals surface area contributed by atoms with E-state index >= 15 is 0 Å². The van der Waals surface area contributed by atoms with Crippen molar-refractivity contribution in [2.45, 2.75) is 0 Å². The van der Waals surface area contributed by atoms with E-state index in [-0.39, 0.29) is 5.91 Å². The van der Waals surface area contributed by atoms with Crippen LogP contribution in [0.5, 0.6) is 0 Å². The fourth-order valence-corrected chi connectivity index (χ4v) is 1.73. The largest absolute Gasteiger partial charge is 0.305 e. The van der Waals surface area contributed by atoms with Crippen LogP contribution in [0.25, 0.3) is 6.08 Å². The van der Waals surface area contributed by atoms with Crippen LogP contribution in [-0.4, -0.2) is 21.7 Å². The minimum absolute atomic E-state index is 0.212. The van der Waals surface area contributed by atoms with Crippen molar-refractivity contribution in [3.05, 3.63) is 65.9 Å². The molecule has 1 N–H and O–H groups in total. The standard InChI is InChI=1S/C14H10N4O/c19-14-12(8-10-3-6-15-7-4-10)17-13(18-14)11-2-1-5-16-9-11/h1-9H,(H,17,18,19)/b12-8+. The van der Waals surface area contributed by atoms with Crippen molar-refractivity contribution in [3.8, 4) is 0 Å². The van der Waals surface area contributed by atoms with E-state index in [1.54, 1.807) is 36.9 Å². The van der Waals surface area contributed by atoms with Gasteiger partial charge in [0, 0.05) is 30.4 Å². The minimum atomic E-state index is -0.212. The van der Waals surface area contributed by atoms with E-state index in [4.69, 9.17) is 0 Å². The molecule has 1 aliphatic rings. The highest BCUT2D eigenvalue weighted by Crippen LogP contribution is 2.13. The molecule has 5 heteroatoms. The number of nitrogens with zero attached hydrogens (tertiary/aromatic N) is 3. The molecule has 1 amide bonds. The molecule has 3 heterocycles. The molecule has 0 radical (unpaired) electrons. The summed E-state index contributed by atoms with van der Waals surface area (Å²) in [6, 6.07) is 7.28. The number of aliphatic imine (C=N–C) groups is 1. The molecule has 2 aromatic rings. The SMILES string of the molecule is O=C1NC(c2cccnc2)=N/C1=C/c1ccncc1. The van der Waals surface area contributed by atoms with Gasteiger partial charge in [0.2, 0.25) is 0 Å². The van der Waals surface area contributed by atoms with Crippen molar-refractivity contribution in [3.63, 3.8) is 0 Å². The van der Waals surface area contributed by atoms with E-state index in [0.717, 1.165) is 11.1 Å². The lowest BCUT2D eigenvalue weighted by Gasteiger charge is -1.97. The number of hydrogen-bond acceptors (Lipinski definition) is 4. The number of nitrogens with one attached hydrogen (secondary N) is 1. The minimum Gasteiger partial charge on any atom is -0.305 e. The molecule has 0 bridgehead atoms. The summed E-state index contributed by atoms with van der Waals surface area (Å²) in [4.78, 5) is 24.1. The third kappa shape index (κ3) is 2.40. The maximum Gasteiger partial charge on any atom is 0.275 e. The van der Waals surface area contributed by atoms with Gasteiger partial charge in [0.05, 0.1) is 0 Å². The average Bonchev–Trinajstić information content (AvgIpc) is 2.82. The number of rotatable bonds is 2. The molecule has 0 unspecified atom stereocenters. The number of carbonyl (C=O) groups is 1. The van der Waals surface area contributed by atoms with Gasteiger partial charge in [-0.3, -0.25) is 14.8 Å². The lowest BCUT2D eigenvalue weighted by Crippen LogP contribution is -2.24. The van der Waals surface area contributed by atoms with E-state index in [2.05, 4.69) is 20.3 Å². The van der Waals surface area contributed by atoms with Gasteiger partial charge in [0.1, 0.15) is 11.5 Å². The number of amides is 1. The topological polar surface area (TPSA) is 67.2 Å². The first-order valence-electron chi connectivity index (χ1n) is 5.75. The lowest BCUT2D eigenvalue weighted by molar-refractivity contribution is -0.115. The van der Waals surface area contributed by atoms with Crippen LogP contribution < -0.4 is 5.32 Å². The van der Waals surface area contributed by atoms with Gasteiger partial charge in [-0.15, -0.1) is 0 Å². The first-order valence-corrected chi connectivity index (χ1v) is 5.75. The molecule has 92 valence electrons. The first kappa shape index (κ1) is 11.3. The van der Waals surface area contributed by atoms with Gasteiger partial charge >= 0.3 is 0 Å². The Morgan fingerprint density at radius 2 is 1.89 bits per heavy atom. The number of carbonyl (C=O) groups excluding carboxylic acids is 1. The molecular weight excluding hydrogens is 240 g/mol. The molecule has 5 nitrogen and oxygen atoms in total. The van der Waals surface area contributed by atoms with Gasteiger partial charge < -0.3 is 5.32 Å². The Morgan fingerprint density at radius 1 is 1.05 bits per heavy atom. The van der Waals surface area contributed by atoms with Gasteiger partial charge in [-0.1, -0.05) is 0 Å². The fourth-order valence-electron chi connectivity index (χ4n) is 1.73. The number of hydrogen-bond donors (Lipinski definition) is 1. The van der Waals surface area contributed by atoms with E-state index < -0.39 is 0 Å². The van der Waals surface area contributed by atoms with Gasteiger partial charge in [0.15, 0.2) is 0 Å². The molecule has 0 saturated heterocycles. The van der Waals surface area contributed by atoms with Crippen LogP contribution in [0, 0.1) is 0 Å². The number of aromatic nitrogens is 2. The highest BCUT2D eigenvalue weighted by Gasteiger charge is 2.20. The van der Waals surface area contributed by atoms with Crippen LogP contribution in [0.15, 0.2) is 59.7 Å². The molecule has 0 aromatic carbocycles. The van der Waals surface area contributed by atoms with Crippen molar-refractivity contribution >= 4 is 17.8 Å². The first-order chi connectivity index (χ1) is 9.33. The molecule has 3 rings (SSSR count). The van der Waals surface area contributed by atoms with Crippen LogP contribution in [0.3, 0.4) is 0 Å². The summed E-state index contributed by atoms with van der Waals surface area (Å²) in [5, 5.41) is 2.73. The quantitative estimate of drug-likeness (QED) is 0.819. The zero-order chi connectivity index (χ0) is 13.1. The van der Waals surface area contributed by atoms with Gasteiger partial charge in [-0.05, 0) is 35.9 Å². The summed E-state index contributed by atoms with van der Waals surface area (Å²) in [5.41, 5.74) is 2.05. The Kier molecular flexibility index (Phi) is 2.86.